The molecule has 0 aromatic rings. The van der Waals surface area contributed by atoms with E-state index in [2.05, 4.69) is 6.92 Å². The van der Waals surface area contributed by atoms with Gasteiger partial charge in [-0.15, -0.1) is 0 Å². The number of hydrogen-bond donors (Lipinski definition) is 3. The molecule has 0 saturated heterocycles. The van der Waals surface area contributed by atoms with Crippen molar-refractivity contribution in [3.63, 3.8) is 0 Å². The normalized spacial score (nSPS) is 12.7. The van der Waals surface area contributed by atoms with Crippen LogP contribution in [0.3, 0.4) is 0 Å². The molecule has 0 unspecified atom stereocenters. The molecule has 0 atom stereocenters. The van der Waals surface area contributed by atoms with Crippen molar-refractivity contribution in [2.75, 3.05) is 0 Å². The number of rotatable bonds is 5. The second kappa shape index (κ2) is 5.29. The summed E-state index contributed by atoms with van der Waals surface area (Å²) in [6.45, 7) is 2.17. The van der Waals surface area contributed by atoms with Crippen molar-refractivity contribution in [1.82, 2.24) is 0 Å². The molecule has 6 N–H and O–H groups in total. The molecule has 0 heterocycles. The fraction of sp³-hybridized carbons (Fsp3) is 0.750. The van der Waals surface area contributed by atoms with Gasteiger partial charge in [-0.3, -0.25) is 17.2 Å². The molecular weight excluding hydrogens is 138 g/mol. The maximum Gasteiger partial charge on any atom is 0.135 e. The minimum atomic E-state index is -1.13. The number of unbranched alkanes of at least 4 members (excludes halogenated alkanes) is 3. The molecule has 3 heteroatoms. The lowest BCUT2D eigenvalue weighted by molar-refractivity contribution is 0.579. The molecule has 0 spiro atoms. The van der Waals surface area contributed by atoms with Gasteiger partial charge in [-0.1, -0.05) is 25.8 Å². The summed E-state index contributed by atoms with van der Waals surface area (Å²) in [7, 11) is 0. The maximum atomic E-state index is 5.32. The predicted octanol–water partition coefficient (Wildman–Crippen LogP) is 0.653. The molecule has 66 valence electrons. The Morgan fingerprint density at radius 2 is 1.82 bits per heavy atom. The van der Waals surface area contributed by atoms with Crippen LogP contribution >= 0.6 is 0 Å². The smallest absolute Gasteiger partial charge is 0.135 e. The first-order chi connectivity index (χ1) is 5.06. The van der Waals surface area contributed by atoms with Crippen LogP contribution in [0.4, 0.5) is 0 Å². The van der Waals surface area contributed by atoms with E-state index >= 15 is 0 Å². The van der Waals surface area contributed by atoms with Gasteiger partial charge in [0.05, 0.1) is 0 Å². The zero-order valence-corrected chi connectivity index (χ0v) is 7.22. The Morgan fingerprint density at radius 1 is 1.18 bits per heavy atom. The Kier molecular flexibility index (Phi) is 5.11. The van der Waals surface area contributed by atoms with Crippen molar-refractivity contribution in [3.8, 4) is 0 Å². The molecule has 0 rings (SSSR count). The summed E-state index contributed by atoms with van der Waals surface area (Å²) in [6, 6.07) is 0. The summed E-state index contributed by atoms with van der Waals surface area (Å²) in [4.78, 5) is 0. The van der Waals surface area contributed by atoms with Crippen LogP contribution in [-0.2, 0) is 0 Å². The summed E-state index contributed by atoms with van der Waals surface area (Å²) in [5, 5.41) is 0. The fourth-order valence-corrected chi connectivity index (χ4v) is 0.800. The molecular formula is C8H19N3. The van der Waals surface area contributed by atoms with E-state index in [9.17, 15) is 0 Å². The topological polar surface area (TPSA) is 78.1 Å². The lowest BCUT2D eigenvalue weighted by atomic mass is 10.2. The van der Waals surface area contributed by atoms with Gasteiger partial charge in [0, 0.05) is 0 Å². The van der Waals surface area contributed by atoms with Gasteiger partial charge in [0.25, 0.3) is 0 Å². The first-order valence-corrected chi connectivity index (χ1v) is 4.10. The summed E-state index contributed by atoms with van der Waals surface area (Å²) in [5.41, 5.74) is 16.0. The molecule has 0 amide bonds. The second-order valence-electron chi connectivity index (χ2n) is 2.90. The molecule has 0 bridgehead atoms. The van der Waals surface area contributed by atoms with Gasteiger partial charge in [0.15, 0.2) is 0 Å². The van der Waals surface area contributed by atoms with Crippen molar-refractivity contribution >= 4 is 0 Å². The monoisotopic (exact) mass is 157 g/mol. The van der Waals surface area contributed by atoms with Gasteiger partial charge in [-0.25, -0.2) is 0 Å². The molecule has 0 radical (unpaired) electrons. The Labute approximate surface area is 68.6 Å². The van der Waals surface area contributed by atoms with Crippen LogP contribution in [0, 0.1) is 0 Å². The number of allylic oxidation sites excluding steroid dienone is 1. The van der Waals surface area contributed by atoms with Crippen LogP contribution in [0.5, 0.6) is 0 Å². The number of hydrogen-bond acceptors (Lipinski definition) is 3. The van der Waals surface area contributed by atoms with Gasteiger partial charge < -0.3 is 0 Å². The summed E-state index contributed by atoms with van der Waals surface area (Å²) >= 11 is 0. The lowest BCUT2D eigenvalue weighted by Crippen LogP contribution is -2.56. The van der Waals surface area contributed by atoms with E-state index in [4.69, 9.17) is 17.2 Å². The van der Waals surface area contributed by atoms with Crippen LogP contribution in [0.25, 0.3) is 0 Å². The third kappa shape index (κ3) is 9.62. The molecule has 0 fully saturated rings. The first-order valence-electron chi connectivity index (χ1n) is 4.10. The van der Waals surface area contributed by atoms with E-state index in [-0.39, 0.29) is 0 Å². The zero-order valence-electron chi connectivity index (χ0n) is 7.22. The van der Waals surface area contributed by atoms with E-state index in [0.717, 1.165) is 6.42 Å². The number of nitrogens with two attached hydrogens (primary N) is 3. The van der Waals surface area contributed by atoms with Crippen molar-refractivity contribution < 1.29 is 0 Å². The molecule has 0 aliphatic rings. The van der Waals surface area contributed by atoms with Crippen molar-refractivity contribution in [3.05, 3.63) is 12.2 Å². The highest BCUT2D eigenvalue weighted by molar-refractivity contribution is 4.96. The minimum Gasteiger partial charge on any atom is -0.298 e. The Balaban J connectivity index is 3.30. The largest absolute Gasteiger partial charge is 0.298 e. The third-order valence-electron chi connectivity index (χ3n) is 1.38. The molecule has 0 aromatic heterocycles. The van der Waals surface area contributed by atoms with E-state index < -0.39 is 5.79 Å². The second-order valence-corrected chi connectivity index (χ2v) is 2.90. The molecule has 0 saturated carbocycles. The molecule has 0 aliphatic heterocycles. The van der Waals surface area contributed by atoms with Gasteiger partial charge in [0.1, 0.15) is 5.79 Å². The average Bonchev–Trinajstić information content (AvgIpc) is 1.85. The van der Waals surface area contributed by atoms with Gasteiger partial charge in [-0.2, -0.15) is 0 Å². The van der Waals surface area contributed by atoms with Gasteiger partial charge >= 0.3 is 0 Å². The van der Waals surface area contributed by atoms with Crippen molar-refractivity contribution in [2.45, 2.75) is 38.4 Å². The Bertz CT molecular complexity index is 113. The summed E-state index contributed by atoms with van der Waals surface area (Å²) < 4.78 is 0. The van der Waals surface area contributed by atoms with Crippen molar-refractivity contribution in [2.24, 2.45) is 17.2 Å². The minimum absolute atomic E-state index is 1.02. The third-order valence-corrected chi connectivity index (χ3v) is 1.38. The van der Waals surface area contributed by atoms with Crippen LogP contribution < -0.4 is 17.2 Å². The molecule has 3 nitrogen and oxygen atoms in total. The fourth-order valence-electron chi connectivity index (χ4n) is 0.800. The van der Waals surface area contributed by atoms with E-state index in [1.165, 1.54) is 19.3 Å². The van der Waals surface area contributed by atoms with Gasteiger partial charge in [0.2, 0.25) is 0 Å². The molecule has 11 heavy (non-hydrogen) atoms. The SMILES string of the molecule is CCCCCC=CC(N)(N)N. The van der Waals surface area contributed by atoms with Crippen LogP contribution in [0.2, 0.25) is 0 Å². The van der Waals surface area contributed by atoms with E-state index in [1.54, 1.807) is 6.08 Å². The molecule has 0 aromatic carbocycles. The Hall–Kier alpha value is -0.380. The van der Waals surface area contributed by atoms with Crippen LogP contribution in [0.15, 0.2) is 12.2 Å². The van der Waals surface area contributed by atoms with Crippen molar-refractivity contribution in [1.29, 1.82) is 0 Å². The summed E-state index contributed by atoms with van der Waals surface area (Å²) in [6.07, 6.45) is 8.26. The van der Waals surface area contributed by atoms with E-state index in [0.29, 0.717) is 0 Å². The highest BCUT2D eigenvalue weighted by Crippen LogP contribution is 1.99. The average molecular weight is 157 g/mol. The van der Waals surface area contributed by atoms with E-state index in [1.807, 2.05) is 6.08 Å². The van der Waals surface area contributed by atoms with Crippen LogP contribution in [-0.4, -0.2) is 5.79 Å². The Morgan fingerprint density at radius 3 is 2.27 bits per heavy atom. The highest BCUT2D eigenvalue weighted by Gasteiger charge is 2.02. The zero-order chi connectivity index (χ0) is 8.74. The lowest BCUT2D eigenvalue weighted by Gasteiger charge is -2.11. The first kappa shape index (κ1) is 10.6. The highest BCUT2D eigenvalue weighted by atomic mass is 15.1. The summed E-state index contributed by atoms with van der Waals surface area (Å²) in [5.74, 6) is -1.13. The van der Waals surface area contributed by atoms with Crippen LogP contribution in [0.1, 0.15) is 32.6 Å². The standard InChI is InChI=1S/C8H19N3/c1-2-3-4-5-6-7-8(9,10)11/h6-7H,2-5,9-11H2,1H3. The predicted molar refractivity (Wildman–Crippen MR) is 48.6 cm³/mol. The maximum absolute atomic E-state index is 5.32. The van der Waals surface area contributed by atoms with Gasteiger partial charge in [-0.05, 0) is 18.9 Å². The molecule has 0 aliphatic carbocycles. The quantitative estimate of drug-likeness (QED) is 0.311.